The van der Waals surface area contributed by atoms with E-state index in [0.29, 0.717) is 0 Å². The van der Waals surface area contributed by atoms with Crippen molar-refractivity contribution < 1.29 is 23.9 Å². The zero-order valence-electron chi connectivity index (χ0n) is 13.2. The van der Waals surface area contributed by atoms with Crippen molar-refractivity contribution in [2.45, 2.75) is 36.7 Å². The molecule has 130 valence electrons. The Labute approximate surface area is 145 Å². The van der Waals surface area contributed by atoms with Crippen LogP contribution in [0.5, 0.6) is 0 Å². The third-order valence-corrected chi connectivity index (χ3v) is 5.15. The first-order valence-corrected chi connectivity index (χ1v) is 10.2. The molecule has 0 bridgehead atoms. The van der Waals surface area contributed by atoms with Crippen molar-refractivity contribution in [3.8, 4) is 0 Å². The molecule has 2 atom stereocenters. The van der Waals surface area contributed by atoms with Gasteiger partial charge in [-0.15, -0.1) is 0 Å². The van der Waals surface area contributed by atoms with E-state index in [1.54, 1.807) is 6.08 Å². The number of rotatable bonds is 9. The van der Waals surface area contributed by atoms with Crippen molar-refractivity contribution in [2.75, 3.05) is 13.2 Å². The molecule has 1 rings (SSSR count). The van der Waals surface area contributed by atoms with Crippen molar-refractivity contribution >= 4 is 43.2 Å². The second kappa shape index (κ2) is 10.3. The summed E-state index contributed by atoms with van der Waals surface area (Å²) < 4.78 is 13.9. The molecule has 1 aliphatic rings. The second-order valence-electron chi connectivity index (χ2n) is 5.01. The van der Waals surface area contributed by atoms with Gasteiger partial charge in [0.1, 0.15) is 10.7 Å². The van der Waals surface area contributed by atoms with Crippen LogP contribution < -0.4 is 5.73 Å². The minimum atomic E-state index is -0.682. The van der Waals surface area contributed by atoms with E-state index in [-0.39, 0.29) is 30.1 Å². The number of allylic oxidation sites excluding steroid dienone is 1. The highest BCUT2D eigenvalue weighted by molar-refractivity contribution is 14.2. The number of nitrogens with two attached hydrogens (primary N) is 1. The molecular weight excluding hydrogens is 415 g/mol. The molecule has 23 heavy (non-hydrogen) atoms. The van der Waals surface area contributed by atoms with Crippen LogP contribution >= 0.6 is 20.7 Å². The van der Waals surface area contributed by atoms with E-state index < -0.39 is 44.6 Å². The standard InChI is InChI=1S/C15H23IN2O5/c1-3-5-12(16-2)23-13(19)10-11(6-4-7-17)14(20)18-8-9-22-15(18)21/h4,7,11-12H,2-3,5-6,8-10,17H2,1H3/b7-4+/t11-,12?/m1/s1. The molecule has 8 heteroatoms. The Morgan fingerprint density at radius 3 is 2.83 bits per heavy atom. The number of nitrogens with zero attached hydrogens (tertiary/aromatic N) is 1. The minimum Gasteiger partial charge on any atom is -0.452 e. The first-order valence-electron chi connectivity index (χ1n) is 7.44. The fourth-order valence-electron chi connectivity index (χ4n) is 2.11. The molecule has 0 radical (unpaired) electrons. The van der Waals surface area contributed by atoms with E-state index in [2.05, 4.69) is 4.51 Å². The van der Waals surface area contributed by atoms with Crippen LogP contribution in [0.4, 0.5) is 4.79 Å². The minimum absolute atomic E-state index is 0.0864. The number of hydrogen-bond donors (Lipinski definition) is 1. The number of hydrogen-bond acceptors (Lipinski definition) is 6. The van der Waals surface area contributed by atoms with Gasteiger partial charge in [0.15, 0.2) is 0 Å². The maximum absolute atomic E-state index is 12.4. The maximum Gasteiger partial charge on any atom is 0.416 e. The smallest absolute Gasteiger partial charge is 0.416 e. The number of imide groups is 1. The Morgan fingerprint density at radius 1 is 1.57 bits per heavy atom. The zero-order chi connectivity index (χ0) is 17.2. The number of ether oxygens (including phenoxy) is 2. The van der Waals surface area contributed by atoms with Gasteiger partial charge in [0.05, 0.1) is 18.9 Å². The van der Waals surface area contributed by atoms with Gasteiger partial charge in [-0.1, -0.05) is 44.7 Å². The number of cyclic esters (lactones) is 1. The average Bonchev–Trinajstić information content (AvgIpc) is 2.96. The SMILES string of the molecule is C=IC(CCC)OC(=O)C[C@@H](C/C=C/N)C(=O)N1CCOC1=O. The van der Waals surface area contributed by atoms with Gasteiger partial charge in [0, 0.05) is 0 Å². The summed E-state index contributed by atoms with van der Waals surface area (Å²) in [6.45, 7) is 2.40. The average molecular weight is 438 g/mol. The van der Waals surface area contributed by atoms with E-state index in [9.17, 15) is 14.4 Å². The molecule has 2 N–H and O–H groups in total. The lowest BCUT2D eigenvalue weighted by Crippen LogP contribution is -2.37. The number of esters is 1. The van der Waals surface area contributed by atoms with Crippen molar-refractivity contribution in [1.82, 2.24) is 4.90 Å². The topological polar surface area (TPSA) is 98.9 Å². The summed E-state index contributed by atoms with van der Waals surface area (Å²) in [5.74, 6) is -1.56. The van der Waals surface area contributed by atoms with E-state index in [1.807, 2.05) is 6.92 Å². The normalized spacial score (nSPS) is 17.1. The van der Waals surface area contributed by atoms with Gasteiger partial charge in [-0.3, -0.25) is 9.59 Å². The Bertz CT molecular complexity index is 480. The number of carbonyl (C=O) groups is 3. The lowest BCUT2D eigenvalue weighted by atomic mass is 9.99. The molecule has 1 fully saturated rings. The molecule has 0 spiro atoms. The number of carbonyl (C=O) groups excluding carboxylic acids is 3. The molecule has 1 unspecified atom stereocenters. The molecule has 1 aliphatic heterocycles. The highest BCUT2D eigenvalue weighted by Gasteiger charge is 2.34. The Kier molecular flexibility index (Phi) is 8.82. The summed E-state index contributed by atoms with van der Waals surface area (Å²) >= 11 is -0.465. The first-order chi connectivity index (χ1) is 11.0. The molecule has 0 aliphatic carbocycles. The van der Waals surface area contributed by atoms with E-state index in [1.165, 1.54) is 6.20 Å². The summed E-state index contributed by atoms with van der Waals surface area (Å²) in [6, 6.07) is 0. The highest BCUT2D eigenvalue weighted by atomic mass is 127. The first kappa shape index (κ1) is 19.6. The van der Waals surface area contributed by atoms with Gasteiger partial charge in [-0.25, -0.2) is 9.69 Å². The van der Waals surface area contributed by atoms with Gasteiger partial charge >= 0.3 is 12.1 Å². The van der Waals surface area contributed by atoms with E-state index >= 15 is 0 Å². The van der Waals surface area contributed by atoms with Crippen molar-refractivity contribution in [3.63, 3.8) is 0 Å². The monoisotopic (exact) mass is 438 g/mol. The van der Waals surface area contributed by atoms with Gasteiger partial charge in [-0.05, 0) is 19.0 Å². The molecule has 1 heterocycles. The summed E-state index contributed by atoms with van der Waals surface area (Å²) in [6.07, 6.45) is 4.11. The maximum atomic E-state index is 12.4. The van der Waals surface area contributed by atoms with Crippen LogP contribution in [0.2, 0.25) is 0 Å². The van der Waals surface area contributed by atoms with Crippen LogP contribution in [0.15, 0.2) is 12.3 Å². The largest absolute Gasteiger partial charge is 0.452 e. The lowest BCUT2D eigenvalue weighted by molar-refractivity contribution is -0.149. The van der Waals surface area contributed by atoms with Gasteiger partial charge in [-0.2, -0.15) is 0 Å². The quantitative estimate of drug-likeness (QED) is 0.336. The van der Waals surface area contributed by atoms with Crippen molar-refractivity contribution in [2.24, 2.45) is 11.7 Å². The fourth-order valence-corrected chi connectivity index (χ4v) is 3.64. The molecule has 0 aromatic rings. The third kappa shape index (κ3) is 6.28. The predicted molar refractivity (Wildman–Crippen MR) is 95.0 cm³/mol. The molecule has 2 amide bonds. The second-order valence-corrected chi connectivity index (χ2v) is 7.28. The Balaban J connectivity index is 2.69. The molecule has 1 saturated heterocycles. The molecule has 0 aromatic heterocycles. The number of halogens is 1. The van der Waals surface area contributed by atoms with Gasteiger partial charge < -0.3 is 15.2 Å². The van der Waals surface area contributed by atoms with Crippen LogP contribution in [-0.2, 0) is 19.1 Å². The van der Waals surface area contributed by atoms with Crippen LogP contribution in [0.1, 0.15) is 32.6 Å². The third-order valence-electron chi connectivity index (χ3n) is 3.29. The Hall–Kier alpha value is -1.45. The van der Waals surface area contributed by atoms with Crippen LogP contribution in [0.3, 0.4) is 0 Å². The van der Waals surface area contributed by atoms with Crippen molar-refractivity contribution in [1.29, 1.82) is 0 Å². The van der Waals surface area contributed by atoms with Crippen LogP contribution in [0, 0.1) is 5.92 Å². The predicted octanol–water partition coefficient (Wildman–Crippen LogP) is 1.91. The number of alkyl halides is 1. The summed E-state index contributed by atoms with van der Waals surface area (Å²) in [7, 11) is 0. The zero-order valence-corrected chi connectivity index (χ0v) is 15.4. The summed E-state index contributed by atoms with van der Waals surface area (Å²) in [5, 5.41) is 0. The fraction of sp³-hybridized carbons (Fsp3) is 0.600. The van der Waals surface area contributed by atoms with Gasteiger partial charge in [0.25, 0.3) is 0 Å². The van der Waals surface area contributed by atoms with E-state index in [4.69, 9.17) is 15.2 Å². The van der Waals surface area contributed by atoms with E-state index in [0.717, 1.165) is 17.7 Å². The van der Waals surface area contributed by atoms with Crippen molar-refractivity contribution in [3.05, 3.63) is 12.3 Å². The summed E-state index contributed by atoms with van der Waals surface area (Å²) in [4.78, 5) is 37.0. The Morgan fingerprint density at radius 2 is 2.30 bits per heavy atom. The highest BCUT2D eigenvalue weighted by Crippen LogP contribution is 2.21. The molecular formula is C15H23IN2O5. The number of amides is 2. The van der Waals surface area contributed by atoms with Gasteiger partial charge in [0.2, 0.25) is 5.91 Å². The van der Waals surface area contributed by atoms with Crippen LogP contribution in [-0.4, -0.2) is 44.6 Å². The molecule has 0 aromatic carbocycles. The molecule has 7 nitrogen and oxygen atoms in total. The molecule has 0 saturated carbocycles. The van der Waals surface area contributed by atoms with Crippen LogP contribution in [0.25, 0.3) is 0 Å². The summed E-state index contributed by atoms with van der Waals surface area (Å²) in [5.41, 5.74) is 5.31. The lowest BCUT2D eigenvalue weighted by Gasteiger charge is -2.20.